The Bertz CT molecular complexity index is 491. The molecule has 0 aliphatic carbocycles. The van der Waals surface area contributed by atoms with Gasteiger partial charge in [0.2, 0.25) is 5.91 Å². The molecule has 0 spiro atoms. The van der Waals surface area contributed by atoms with Crippen molar-refractivity contribution < 1.29 is 14.3 Å². The molecule has 21 heavy (non-hydrogen) atoms. The largest absolute Gasteiger partial charge is 0.493 e. The van der Waals surface area contributed by atoms with E-state index >= 15 is 0 Å². The van der Waals surface area contributed by atoms with Gasteiger partial charge in [-0.2, -0.15) is 0 Å². The summed E-state index contributed by atoms with van der Waals surface area (Å²) >= 11 is 0. The van der Waals surface area contributed by atoms with Gasteiger partial charge in [-0.05, 0) is 51.5 Å². The molecule has 0 aliphatic rings. The van der Waals surface area contributed by atoms with Crippen molar-refractivity contribution in [2.75, 3.05) is 20.2 Å². The number of hydrogen-bond acceptors (Lipinski definition) is 3. The van der Waals surface area contributed by atoms with Gasteiger partial charge < -0.3 is 14.4 Å². The van der Waals surface area contributed by atoms with Gasteiger partial charge in [0.15, 0.2) is 11.5 Å². The molecule has 0 saturated carbocycles. The maximum absolute atomic E-state index is 11.9. The fourth-order valence-electron chi connectivity index (χ4n) is 1.95. The van der Waals surface area contributed by atoms with Crippen LogP contribution in [0, 0.1) is 0 Å². The Kier molecular flexibility index (Phi) is 6.79. The van der Waals surface area contributed by atoms with Gasteiger partial charge in [-0.1, -0.05) is 6.07 Å². The highest BCUT2D eigenvalue weighted by Crippen LogP contribution is 2.29. The van der Waals surface area contributed by atoms with E-state index in [1.165, 1.54) is 0 Å². The van der Waals surface area contributed by atoms with E-state index in [0.717, 1.165) is 5.56 Å². The first-order valence-electron chi connectivity index (χ1n) is 7.33. The molecule has 0 fully saturated rings. The minimum atomic E-state index is 0.0153. The van der Waals surface area contributed by atoms with Crippen LogP contribution in [0.15, 0.2) is 24.3 Å². The van der Waals surface area contributed by atoms with Crippen LogP contribution in [0.4, 0.5) is 0 Å². The van der Waals surface area contributed by atoms with Crippen LogP contribution in [-0.2, 0) is 4.79 Å². The number of methoxy groups -OCH3 is 1. The lowest BCUT2D eigenvalue weighted by Gasteiger charge is -2.16. The lowest BCUT2D eigenvalue weighted by molar-refractivity contribution is -0.125. The summed E-state index contributed by atoms with van der Waals surface area (Å²) < 4.78 is 11.0. The van der Waals surface area contributed by atoms with Crippen LogP contribution >= 0.6 is 0 Å². The topological polar surface area (TPSA) is 38.8 Å². The van der Waals surface area contributed by atoms with Crippen LogP contribution in [0.3, 0.4) is 0 Å². The predicted molar refractivity (Wildman–Crippen MR) is 85.7 cm³/mol. The van der Waals surface area contributed by atoms with Crippen LogP contribution in [0.25, 0.3) is 6.08 Å². The second-order valence-corrected chi connectivity index (χ2v) is 4.92. The highest BCUT2D eigenvalue weighted by atomic mass is 16.5. The minimum absolute atomic E-state index is 0.0153. The van der Waals surface area contributed by atoms with E-state index in [0.29, 0.717) is 24.6 Å². The van der Waals surface area contributed by atoms with Gasteiger partial charge in [0.05, 0.1) is 13.2 Å². The molecule has 1 aromatic rings. The molecule has 1 rings (SSSR count). The second kappa shape index (κ2) is 8.35. The van der Waals surface area contributed by atoms with Gasteiger partial charge >= 0.3 is 0 Å². The number of hydrogen-bond donors (Lipinski definition) is 0. The summed E-state index contributed by atoms with van der Waals surface area (Å²) in [6.07, 6.45) is 3.47. The van der Waals surface area contributed by atoms with E-state index in [1.54, 1.807) is 24.2 Å². The summed E-state index contributed by atoms with van der Waals surface area (Å²) in [5, 5.41) is 0. The molecule has 1 amide bonds. The van der Waals surface area contributed by atoms with Crippen LogP contribution in [-0.4, -0.2) is 37.1 Å². The smallest absolute Gasteiger partial charge is 0.246 e. The summed E-state index contributed by atoms with van der Waals surface area (Å²) in [6.45, 7) is 9.30. The molecule has 0 N–H and O–H groups in total. The minimum Gasteiger partial charge on any atom is -0.493 e. The summed E-state index contributed by atoms with van der Waals surface area (Å²) in [4.78, 5) is 13.7. The molecule has 4 nitrogen and oxygen atoms in total. The number of likely N-dealkylation sites (N-methyl/N-ethyl adjacent to an activating group) is 1. The Hall–Kier alpha value is -1.97. The van der Waals surface area contributed by atoms with Crippen molar-refractivity contribution in [1.29, 1.82) is 0 Å². The molecule has 116 valence electrons. The first-order valence-corrected chi connectivity index (χ1v) is 7.33. The van der Waals surface area contributed by atoms with Gasteiger partial charge in [-0.15, -0.1) is 0 Å². The van der Waals surface area contributed by atoms with Crippen molar-refractivity contribution in [1.82, 2.24) is 4.90 Å². The molecule has 4 heteroatoms. The molecule has 0 heterocycles. The van der Waals surface area contributed by atoms with Crippen LogP contribution in [0.2, 0.25) is 0 Å². The normalized spacial score (nSPS) is 11.0. The van der Waals surface area contributed by atoms with Gasteiger partial charge in [0.25, 0.3) is 0 Å². The maximum atomic E-state index is 11.9. The number of rotatable bonds is 7. The summed E-state index contributed by atoms with van der Waals surface area (Å²) in [5.74, 6) is 1.39. The Morgan fingerprint density at radius 3 is 2.43 bits per heavy atom. The summed E-state index contributed by atoms with van der Waals surface area (Å²) in [6, 6.07) is 5.64. The third-order valence-corrected chi connectivity index (χ3v) is 3.04. The lowest BCUT2D eigenvalue weighted by Crippen LogP contribution is -2.28. The fraction of sp³-hybridized carbons (Fsp3) is 0.471. The monoisotopic (exact) mass is 291 g/mol. The maximum Gasteiger partial charge on any atom is 0.246 e. The van der Waals surface area contributed by atoms with Crippen LogP contribution < -0.4 is 9.47 Å². The fourth-order valence-corrected chi connectivity index (χ4v) is 1.95. The zero-order valence-corrected chi connectivity index (χ0v) is 13.6. The Morgan fingerprint density at radius 2 is 1.90 bits per heavy atom. The van der Waals surface area contributed by atoms with E-state index in [2.05, 4.69) is 0 Å². The second-order valence-electron chi connectivity index (χ2n) is 4.92. The predicted octanol–water partition coefficient (Wildman–Crippen LogP) is 3.36. The van der Waals surface area contributed by atoms with Crippen LogP contribution in [0.5, 0.6) is 11.5 Å². The molecule has 0 unspecified atom stereocenters. The van der Waals surface area contributed by atoms with Crippen molar-refractivity contribution in [2.45, 2.75) is 33.8 Å². The van der Waals surface area contributed by atoms with E-state index in [-0.39, 0.29) is 12.0 Å². The van der Waals surface area contributed by atoms with E-state index < -0.39 is 0 Å². The molecule has 0 aromatic heterocycles. The number of carbonyl (C=O) groups excluding carboxylic acids is 1. The van der Waals surface area contributed by atoms with Crippen molar-refractivity contribution >= 4 is 12.0 Å². The number of nitrogens with zero attached hydrogens (tertiary/aromatic N) is 1. The molecule has 1 aromatic carbocycles. The first kappa shape index (κ1) is 17.1. The van der Waals surface area contributed by atoms with E-state index in [1.807, 2.05) is 45.9 Å². The van der Waals surface area contributed by atoms with Crippen molar-refractivity contribution in [3.05, 3.63) is 29.8 Å². The molecule has 0 aliphatic heterocycles. The highest BCUT2D eigenvalue weighted by molar-refractivity contribution is 5.91. The van der Waals surface area contributed by atoms with Gasteiger partial charge in [0.1, 0.15) is 0 Å². The van der Waals surface area contributed by atoms with Gasteiger partial charge in [-0.3, -0.25) is 4.79 Å². The van der Waals surface area contributed by atoms with E-state index in [4.69, 9.17) is 9.47 Å². The standard InChI is InChI=1S/C17H25NO3/c1-6-18(7-2)17(19)11-9-14-8-10-15(21-13(3)4)16(12-14)20-5/h8-13H,6-7H2,1-5H3. The molecular weight excluding hydrogens is 266 g/mol. The van der Waals surface area contributed by atoms with E-state index in [9.17, 15) is 4.79 Å². The zero-order valence-electron chi connectivity index (χ0n) is 13.6. The Morgan fingerprint density at radius 1 is 1.24 bits per heavy atom. The quantitative estimate of drug-likeness (QED) is 0.723. The average molecular weight is 291 g/mol. The SMILES string of the molecule is CCN(CC)C(=O)C=Cc1ccc(OC(C)C)c(OC)c1. The number of carbonyl (C=O) groups is 1. The molecule has 0 atom stereocenters. The van der Waals surface area contributed by atoms with Gasteiger partial charge in [-0.25, -0.2) is 0 Å². The molecule has 0 saturated heterocycles. The molecule has 0 bridgehead atoms. The Labute approximate surface area is 127 Å². The third kappa shape index (κ3) is 5.14. The molecule has 0 radical (unpaired) electrons. The lowest BCUT2D eigenvalue weighted by atomic mass is 10.2. The number of benzene rings is 1. The Balaban J connectivity index is 2.87. The third-order valence-electron chi connectivity index (χ3n) is 3.04. The van der Waals surface area contributed by atoms with Crippen molar-refractivity contribution in [3.63, 3.8) is 0 Å². The first-order chi connectivity index (χ1) is 10.0. The number of amides is 1. The zero-order chi connectivity index (χ0) is 15.8. The highest BCUT2D eigenvalue weighted by Gasteiger charge is 2.08. The summed E-state index contributed by atoms with van der Waals surface area (Å²) in [7, 11) is 1.61. The van der Waals surface area contributed by atoms with Crippen molar-refractivity contribution in [2.24, 2.45) is 0 Å². The summed E-state index contributed by atoms with van der Waals surface area (Å²) in [5.41, 5.74) is 0.906. The van der Waals surface area contributed by atoms with Gasteiger partial charge in [0, 0.05) is 19.2 Å². The van der Waals surface area contributed by atoms with Crippen LogP contribution in [0.1, 0.15) is 33.3 Å². The van der Waals surface area contributed by atoms with Crippen molar-refractivity contribution in [3.8, 4) is 11.5 Å². The average Bonchev–Trinajstić information content (AvgIpc) is 2.46. The number of ether oxygens (including phenoxy) is 2. The molecular formula is C17H25NO3.